The molecule has 1 fully saturated rings. The number of amides is 1. The number of anilines is 1. The number of halogens is 1. The van der Waals surface area contributed by atoms with Crippen molar-refractivity contribution in [3.63, 3.8) is 0 Å². The Morgan fingerprint density at radius 2 is 1.86 bits per heavy atom. The molecule has 1 aromatic rings. The third-order valence-electron chi connectivity index (χ3n) is 4.03. The van der Waals surface area contributed by atoms with E-state index in [4.69, 9.17) is 5.73 Å². The van der Waals surface area contributed by atoms with Gasteiger partial charge in [0.1, 0.15) is 5.82 Å². The Bertz CT molecular complexity index is 467. The zero-order valence-corrected chi connectivity index (χ0v) is 12.7. The molecule has 0 bridgehead atoms. The second-order valence-corrected chi connectivity index (χ2v) is 6.02. The summed E-state index contributed by atoms with van der Waals surface area (Å²) in [5, 5.41) is 3.38. The standard InChI is InChI=1S/C16H24FN3O/c1-11(2)15(18)16(21)20-9-7-14(8-10-20)19-13-5-3-12(17)4-6-13/h3-6,11,14-15,19H,7-10,18H2,1-2H3. The van der Waals surface area contributed by atoms with E-state index >= 15 is 0 Å². The molecule has 1 saturated heterocycles. The summed E-state index contributed by atoms with van der Waals surface area (Å²) in [5.41, 5.74) is 6.84. The quantitative estimate of drug-likeness (QED) is 0.895. The van der Waals surface area contributed by atoms with Gasteiger partial charge in [-0.15, -0.1) is 0 Å². The molecule has 21 heavy (non-hydrogen) atoms. The summed E-state index contributed by atoms with van der Waals surface area (Å²) in [5.74, 6) is -0.0264. The predicted molar refractivity (Wildman–Crippen MR) is 82.4 cm³/mol. The van der Waals surface area contributed by atoms with Crippen molar-refractivity contribution in [3.05, 3.63) is 30.1 Å². The molecule has 1 heterocycles. The highest BCUT2D eigenvalue weighted by Gasteiger charge is 2.27. The van der Waals surface area contributed by atoms with Crippen molar-refractivity contribution in [2.75, 3.05) is 18.4 Å². The van der Waals surface area contributed by atoms with Gasteiger partial charge in [0.2, 0.25) is 5.91 Å². The van der Waals surface area contributed by atoms with Gasteiger partial charge >= 0.3 is 0 Å². The highest BCUT2D eigenvalue weighted by molar-refractivity contribution is 5.82. The molecule has 1 aromatic carbocycles. The smallest absolute Gasteiger partial charge is 0.239 e. The van der Waals surface area contributed by atoms with Gasteiger partial charge in [-0.05, 0) is 43.0 Å². The maximum absolute atomic E-state index is 12.9. The van der Waals surface area contributed by atoms with Crippen LogP contribution in [0.5, 0.6) is 0 Å². The molecular formula is C16H24FN3O. The first-order valence-corrected chi connectivity index (χ1v) is 7.54. The molecule has 5 heteroatoms. The minimum Gasteiger partial charge on any atom is -0.382 e. The van der Waals surface area contributed by atoms with E-state index in [1.807, 2.05) is 18.7 Å². The summed E-state index contributed by atoms with van der Waals surface area (Å²) < 4.78 is 12.9. The fraction of sp³-hybridized carbons (Fsp3) is 0.562. The average Bonchev–Trinajstić information content (AvgIpc) is 2.49. The lowest BCUT2D eigenvalue weighted by atomic mass is 10.00. The van der Waals surface area contributed by atoms with Gasteiger partial charge in [-0.2, -0.15) is 0 Å². The Hall–Kier alpha value is -1.62. The summed E-state index contributed by atoms with van der Waals surface area (Å²) in [7, 11) is 0. The zero-order valence-electron chi connectivity index (χ0n) is 12.7. The van der Waals surface area contributed by atoms with Crippen molar-refractivity contribution < 1.29 is 9.18 Å². The summed E-state index contributed by atoms with van der Waals surface area (Å²) >= 11 is 0. The molecule has 0 aliphatic carbocycles. The first kappa shape index (κ1) is 15.8. The topological polar surface area (TPSA) is 58.4 Å². The van der Waals surface area contributed by atoms with Gasteiger partial charge in [0.15, 0.2) is 0 Å². The molecule has 4 nitrogen and oxygen atoms in total. The SMILES string of the molecule is CC(C)C(N)C(=O)N1CCC(Nc2ccc(F)cc2)CC1. The number of piperidine rings is 1. The van der Waals surface area contributed by atoms with E-state index in [0.717, 1.165) is 31.6 Å². The fourth-order valence-corrected chi connectivity index (χ4v) is 2.52. The van der Waals surface area contributed by atoms with Crippen LogP contribution in [-0.4, -0.2) is 36.0 Å². The van der Waals surface area contributed by atoms with Gasteiger partial charge in [-0.3, -0.25) is 4.79 Å². The van der Waals surface area contributed by atoms with Crippen LogP contribution in [0.1, 0.15) is 26.7 Å². The molecule has 0 saturated carbocycles. The van der Waals surface area contributed by atoms with Crippen LogP contribution < -0.4 is 11.1 Å². The van der Waals surface area contributed by atoms with E-state index in [0.29, 0.717) is 6.04 Å². The summed E-state index contributed by atoms with van der Waals surface area (Å²) in [4.78, 5) is 14.0. The number of hydrogen-bond acceptors (Lipinski definition) is 3. The van der Waals surface area contributed by atoms with Crippen molar-refractivity contribution in [1.82, 2.24) is 4.90 Å². The van der Waals surface area contributed by atoms with E-state index < -0.39 is 6.04 Å². The van der Waals surface area contributed by atoms with Crippen LogP contribution in [0.15, 0.2) is 24.3 Å². The number of nitrogens with one attached hydrogen (secondary N) is 1. The first-order valence-electron chi connectivity index (χ1n) is 7.54. The van der Waals surface area contributed by atoms with Crippen LogP contribution in [0.2, 0.25) is 0 Å². The number of hydrogen-bond donors (Lipinski definition) is 2. The molecule has 116 valence electrons. The van der Waals surface area contributed by atoms with Crippen LogP contribution >= 0.6 is 0 Å². The van der Waals surface area contributed by atoms with E-state index in [-0.39, 0.29) is 17.6 Å². The van der Waals surface area contributed by atoms with Crippen LogP contribution in [-0.2, 0) is 4.79 Å². The number of carbonyl (C=O) groups excluding carboxylic acids is 1. The van der Waals surface area contributed by atoms with Crippen molar-refractivity contribution in [3.8, 4) is 0 Å². The minimum atomic E-state index is -0.411. The Morgan fingerprint density at radius 3 is 2.38 bits per heavy atom. The molecule has 0 radical (unpaired) electrons. The third-order valence-corrected chi connectivity index (χ3v) is 4.03. The largest absolute Gasteiger partial charge is 0.382 e. The number of carbonyl (C=O) groups is 1. The summed E-state index contributed by atoms with van der Waals surface area (Å²) in [6.45, 7) is 5.37. The molecule has 2 rings (SSSR count). The number of nitrogens with two attached hydrogens (primary N) is 1. The summed E-state index contributed by atoms with van der Waals surface area (Å²) in [6, 6.07) is 6.27. The normalized spacial score (nSPS) is 17.9. The lowest BCUT2D eigenvalue weighted by Crippen LogP contribution is -2.50. The number of benzene rings is 1. The van der Waals surface area contributed by atoms with Crippen molar-refractivity contribution in [1.29, 1.82) is 0 Å². The molecular weight excluding hydrogens is 269 g/mol. The van der Waals surface area contributed by atoms with Gasteiger partial charge in [0.05, 0.1) is 6.04 Å². The Labute approximate surface area is 125 Å². The van der Waals surface area contributed by atoms with Gasteiger partial charge in [-0.1, -0.05) is 13.8 Å². The number of likely N-dealkylation sites (tertiary alicyclic amines) is 1. The first-order chi connectivity index (χ1) is 9.97. The van der Waals surface area contributed by atoms with Crippen LogP contribution in [0.25, 0.3) is 0 Å². The lowest BCUT2D eigenvalue weighted by molar-refractivity contribution is -0.134. The van der Waals surface area contributed by atoms with Crippen molar-refractivity contribution >= 4 is 11.6 Å². The third kappa shape index (κ3) is 4.17. The maximum Gasteiger partial charge on any atom is 0.239 e. The van der Waals surface area contributed by atoms with Gasteiger partial charge in [0, 0.05) is 24.8 Å². The van der Waals surface area contributed by atoms with E-state index in [9.17, 15) is 9.18 Å². The zero-order chi connectivity index (χ0) is 15.4. The molecule has 1 aliphatic rings. The van der Waals surface area contributed by atoms with E-state index in [1.54, 1.807) is 12.1 Å². The predicted octanol–water partition coefficient (Wildman–Crippen LogP) is 2.21. The molecule has 1 unspecified atom stereocenters. The van der Waals surface area contributed by atoms with E-state index in [1.165, 1.54) is 12.1 Å². The second kappa shape index (κ2) is 6.89. The Kier molecular flexibility index (Phi) is 5.17. The van der Waals surface area contributed by atoms with Crippen LogP contribution in [0, 0.1) is 11.7 Å². The van der Waals surface area contributed by atoms with E-state index in [2.05, 4.69) is 5.32 Å². The fourth-order valence-electron chi connectivity index (χ4n) is 2.52. The Balaban J connectivity index is 1.83. The van der Waals surface area contributed by atoms with Crippen LogP contribution in [0.3, 0.4) is 0 Å². The van der Waals surface area contributed by atoms with Crippen molar-refractivity contribution in [2.24, 2.45) is 11.7 Å². The van der Waals surface area contributed by atoms with Gasteiger partial charge < -0.3 is 16.0 Å². The Morgan fingerprint density at radius 1 is 1.29 bits per heavy atom. The second-order valence-electron chi connectivity index (χ2n) is 6.02. The number of nitrogens with zero attached hydrogens (tertiary/aromatic N) is 1. The monoisotopic (exact) mass is 293 g/mol. The maximum atomic E-state index is 12.9. The molecule has 0 aromatic heterocycles. The molecule has 1 atom stereocenters. The molecule has 0 spiro atoms. The van der Waals surface area contributed by atoms with Gasteiger partial charge in [-0.25, -0.2) is 4.39 Å². The minimum absolute atomic E-state index is 0.0465. The van der Waals surface area contributed by atoms with Gasteiger partial charge in [0.25, 0.3) is 0 Å². The van der Waals surface area contributed by atoms with Crippen LogP contribution in [0.4, 0.5) is 10.1 Å². The van der Waals surface area contributed by atoms with Crippen molar-refractivity contribution in [2.45, 2.75) is 38.8 Å². The molecule has 3 N–H and O–H groups in total. The average molecular weight is 293 g/mol. The highest BCUT2D eigenvalue weighted by Crippen LogP contribution is 2.18. The lowest BCUT2D eigenvalue weighted by Gasteiger charge is -2.35. The molecule has 1 aliphatic heterocycles. The molecule has 1 amide bonds. The highest BCUT2D eigenvalue weighted by atomic mass is 19.1. The number of rotatable bonds is 4. The summed E-state index contributed by atoms with van der Waals surface area (Å²) in [6.07, 6.45) is 1.77.